The summed E-state index contributed by atoms with van der Waals surface area (Å²) in [6.07, 6.45) is 0. The molecule has 1 amide bonds. The van der Waals surface area contributed by atoms with Gasteiger partial charge in [-0.05, 0) is 36.2 Å². The van der Waals surface area contributed by atoms with Crippen molar-refractivity contribution in [1.29, 1.82) is 0 Å². The molecule has 1 aromatic heterocycles. The number of carboxylic acids is 1. The Morgan fingerprint density at radius 2 is 1.81 bits per heavy atom. The van der Waals surface area contributed by atoms with Crippen molar-refractivity contribution in [3.63, 3.8) is 0 Å². The fourth-order valence-electron chi connectivity index (χ4n) is 3.38. The first kappa shape index (κ1) is 17.0. The lowest BCUT2D eigenvalue weighted by Crippen LogP contribution is -2.53. The number of nitrogens with zero attached hydrogens (tertiary/aromatic N) is 1. The van der Waals surface area contributed by atoms with Gasteiger partial charge in [-0.3, -0.25) is 9.59 Å². The highest BCUT2D eigenvalue weighted by molar-refractivity contribution is 6.01. The maximum absolute atomic E-state index is 12.5. The van der Waals surface area contributed by atoms with Crippen LogP contribution < -0.4 is 5.63 Å². The highest BCUT2D eigenvalue weighted by Gasteiger charge is 2.36. The van der Waals surface area contributed by atoms with E-state index in [1.807, 2.05) is 31.2 Å². The van der Waals surface area contributed by atoms with Crippen LogP contribution in [-0.4, -0.2) is 35.0 Å². The minimum atomic E-state index is -0.897. The molecule has 1 aliphatic heterocycles. The van der Waals surface area contributed by atoms with Crippen LogP contribution in [0.4, 0.5) is 0 Å². The molecule has 1 aliphatic rings. The summed E-state index contributed by atoms with van der Waals surface area (Å²) >= 11 is 0. The minimum absolute atomic E-state index is 0.194. The van der Waals surface area contributed by atoms with Gasteiger partial charge in [-0.25, -0.2) is 4.79 Å². The molecule has 1 fully saturated rings. The van der Waals surface area contributed by atoms with Crippen LogP contribution in [0.15, 0.2) is 57.7 Å². The molecular weight excluding hydrogens is 346 g/mol. The Labute approximate surface area is 154 Å². The van der Waals surface area contributed by atoms with Crippen LogP contribution in [0.25, 0.3) is 22.1 Å². The van der Waals surface area contributed by atoms with Crippen LogP contribution in [0, 0.1) is 12.8 Å². The van der Waals surface area contributed by atoms with Crippen LogP contribution in [0.2, 0.25) is 0 Å². The smallest absolute Gasteiger partial charge is 0.336 e. The second kappa shape index (κ2) is 6.39. The average molecular weight is 363 g/mol. The molecule has 0 unspecified atom stereocenters. The van der Waals surface area contributed by atoms with Crippen molar-refractivity contribution in [2.45, 2.75) is 6.92 Å². The van der Waals surface area contributed by atoms with E-state index in [1.165, 1.54) is 11.0 Å². The summed E-state index contributed by atoms with van der Waals surface area (Å²) in [5.74, 6) is -1.68. The van der Waals surface area contributed by atoms with E-state index in [0.29, 0.717) is 11.1 Å². The molecule has 0 bridgehead atoms. The van der Waals surface area contributed by atoms with Gasteiger partial charge in [-0.15, -0.1) is 0 Å². The zero-order valence-electron chi connectivity index (χ0n) is 14.6. The molecule has 0 atom stereocenters. The SMILES string of the molecule is Cc1ccccc1-c1cc(=O)oc2cc(C(=O)N3CC(C(=O)O)C3)ccc12. The van der Waals surface area contributed by atoms with Crippen LogP contribution in [0.5, 0.6) is 0 Å². The molecule has 0 aliphatic carbocycles. The monoisotopic (exact) mass is 363 g/mol. The zero-order valence-corrected chi connectivity index (χ0v) is 14.6. The van der Waals surface area contributed by atoms with Gasteiger partial charge in [0.05, 0.1) is 5.92 Å². The van der Waals surface area contributed by atoms with Crippen LogP contribution in [-0.2, 0) is 4.79 Å². The number of likely N-dealkylation sites (tertiary alicyclic amines) is 1. The Morgan fingerprint density at radius 1 is 1.07 bits per heavy atom. The normalized spacial score (nSPS) is 14.2. The van der Waals surface area contributed by atoms with E-state index in [-0.39, 0.29) is 19.0 Å². The molecule has 6 heteroatoms. The van der Waals surface area contributed by atoms with Crippen molar-refractivity contribution < 1.29 is 19.1 Å². The van der Waals surface area contributed by atoms with Gasteiger partial charge in [0, 0.05) is 35.7 Å². The first-order chi connectivity index (χ1) is 12.9. The average Bonchev–Trinajstić information content (AvgIpc) is 2.59. The Balaban J connectivity index is 1.74. The summed E-state index contributed by atoms with van der Waals surface area (Å²) in [5, 5.41) is 9.69. The number of amides is 1. The zero-order chi connectivity index (χ0) is 19.1. The summed E-state index contributed by atoms with van der Waals surface area (Å²) < 4.78 is 5.32. The van der Waals surface area contributed by atoms with E-state index in [1.54, 1.807) is 18.2 Å². The van der Waals surface area contributed by atoms with Gasteiger partial charge in [0.15, 0.2) is 0 Å². The number of fused-ring (bicyclic) bond motifs is 1. The Morgan fingerprint density at radius 3 is 2.52 bits per heavy atom. The van der Waals surface area contributed by atoms with Crippen LogP contribution in [0.3, 0.4) is 0 Å². The summed E-state index contributed by atoms with van der Waals surface area (Å²) in [5.41, 5.74) is 2.94. The van der Waals surface area contributed by atoms with Gasteiger partial charge in [-0.1, -0.05) is 24.3 Å². The first-order valence-corrected chi connectivity index (χ1v) is 8.60. The van der Waals surface area contributed by atoms with Crippen molar-refractivity contribution in [2.75, 3.05) is 13.1 Å². The summed E-state index contributed by atoms with van der Waals surface area (Å²) in [6, 6.07) is 14.2. The van der Waals surface area contributed by atoms with Crippen LogP contribution >= 0.6 is 0 Å². The number of carbonyl (C=O) groups excluding carboxylic acids is 1. The number of carbonyl (C=O) groups is 2. The molecular formula is C21H17NO5. The lowest BCUT2D eigenvalue weighted by molar-refractivity contribution is -0.146. The van der Waals surface area contributed by atoms with E-state index >= 15 is 0 Å². The standard InChI is InChI=1S/C21H17NO5/c1-12-4-2-3-5-15(12)17-9-19(23)27-18-8-13(6-7-16(17)18)20(24)22-10-14(11-22)21(25)26/h2-9,14H,10-11H2,1H3,(H,25,26). The molecule has 2 heterocycles. The Hall–Kier alpha value is -3.41. The Bertz CT molecular complexity index is 1120. The summed E-state index contributed by atoms with van der Waals surface area (Å²) in [7, 11) is 0. The van der Waals surface area contributed by atoms with Gasteiger partial charge in [-0.2, -0.15) is 0 Å². The number of carboxylic acid groups (broad SMARTS) is 1. The van der Waals surface area contributed by atoms with Crippen molar-refractivity contribution >= 4 is 22.8 Å². The number of rotatable bonds is 3. The molecule has 0 spiro atoms. The third kappa shape index (κ3) is 2.99. The third-order valence-corrected chi connectivity index (χ3v) is 4.94. The second-order valence-electron chi connectivity index (χ2n) is 6.75. The number of hydrogen-bond acceptors (Lipinski definition) is 4. The maximum atomic E-state index is 12.5. The number of benzene rings is 2. The summed E-state index contributed by atoms with van der Waals surface area (Å²) in [6.45, 7) is 2.36. The molecule has 6 nitrogen and oxygen atoms in total. The van der Waals surface area contributed by atoms with Gasteiger partial charge in [0.1, 0.15) is 5.58 Å². The molecule has 136 valence electrons. The molecule has 2 aromatic carbocycles. The summed E-state index contributed by atoms with van der Waals surface area (Å²) in [4.78, 5) is 37.0. The topological polar surface area (TPSA) is 87.8 Å². The molecule has 3 aromatic rings. The van der Waals surface area contributed by atoms with Crippen molar-refractivity contribution in [1.82, 2.24) is 4.90 Å². The highest BCUT2D eigenvalue weighted by Crippen LogP contribution is 2.30. The predicted molar refractivity (Wildman–Crippen MR) is 99.7 cm³/mol. The molecule has 0 radical (unpaired) electrons. The van der Waals surface area contributed by atoms with Crippen molar-refractivity contribution in [3.05, 3.63) is 70.1 Å². The van der Waals surface area contributed by atoms with Crippen LogP contribution in [0.1, 0.15) is 15.9 Å². The molecule has 0 saturated carbocycles. The predicted octanol–water partition coefficient (Wildman–Crippen LogP) is 2.93. The maximum Gasteiger partial charge on any atom is 0.336 e. The van der Waals surface area contributed by atoms with Gasteiger partial charge in [0.2, 0.25) is 0 Å². The lowest BCUT2D eigenvalue weighted by atomic mass is 9.96. The number of aliphatic carboxylic acids is 1. The minimum Gasteiger partial charge on any atom is -0.481 e. The van der Waals surface area contributed by atoms with E-state index in [2.05, 4.69) is 0 Å². The highest BCUT2D eigenvalue weighted by atomic mass is 16.4. The van der Waals surface area contributed by atoms with Gasteiger partial charge >= 0.3 is 11.6 Å². The lowest BCUT2D eigenvalue weighted by Gasteiger charge is -2.36. The van der Waals surface area contributed by atoms with Gasteiger partial charge in [0.25, 0.3) is 5.91 Å². The van der Waals surface area contributed by atoms with E-state index < -0.39 is 17.5 Å². The second-order valence-corrected chi connectivity index (χ2v) is 6.75. The van der Waals surface area contributed by atoms with Crippen molar-refractivity contribution in [2.24, 2.45) is 5.92 Å². The van der Waals surface area contributed by atoms with Crippen molar-refractivity contribution in [3.8, 4) is 11.1 Å². The molecule has 4 rings (SSSR count). The fraction of sp³-hybridized carbons (Fsp3) is 0.190. The number of hydrogen-bond donors (Lipinski definition) is 1. The van der Waals surface area contributed by atoms with E-state index in [9.17, 15) is 14.4 Å². The molecule has 1 saturated heterocycles. The van der Waals surface area contributed by atoms with E-state index in [4.69, 9.17) is 9.52 Å². The quantitative estimate of drug-likeness (QED) is 0.723. The van der Waals surface area contributed by atoms with Gasteiger partial charge < -0.3 is 14.4 Å². The fourth-order valence-corrected chi connectivity index (χ4v) is 3.38. The third-order valence-electron chi connectivity index (χ3n) is 4.94. The molecule has 27 heavy (non-hydrogen) atoms. The largest absolute Gasteiger partial charge is 0.481 e. The molecule has 1 N–H and O–H groups in total. The Kier molecular flexibility index (Phi) is 4.03. The number of aryl methyl sites for hydroxylation is 1. The first-order valence-electron chi connectivity index (χ1n) is 8.60. The van der Waals surface area contributed by atoms with E-state index in [0.717, 1.165) is 22.1 Å².